The first kappa shape index (κ1) is 10.8. The van der Waals surface area contributed by atoms with Gasteiger partial charge in [0.2, 0.25) is 0 Å². The highest BCUT2D eigenvalue weighted by Gasteiger charge is 2.40. The lowest BCUT2D eigenvalue weighted by Crippen LogP contribution is -2.42. The molecular formula is C6H13O5. The molecule has 0 amide bonds. The summed E-state index contributed by atoms with van der Waals surface area (Å²) >= 11 is 0. The predicted octanol–water partition coefficient (Wildman–Crippen LogP) is -0.292. The number of rotatable bonds is 5. The standard InChI is InChI=1S/C6H13O5/c1-8-5(9-2)6(7,10-3)11-4/h7H,1-4H3. The van der Waals surface area contributed by atoms with Gasteiger partial charge in [0.15, 0.2) is 0 Å². The molecule has 5 nitrogen and oxygen atoms in total. The van der Waals surface area contributed by atoms with E-state index in [1.807, 2.05) is 0 Å². The highest BCUT2D eigenvalue weighted by molar-refractivity contribution is 4.76. The molecule has 0 rings (SSSR count). The van der Waals surface area contributed by atoms with Crippen molar-refractivity contribution in [3.8, 4) is 0 Å². The summed E-state index contributed by atoms with van der Waals surface area (Å²) < 4.78 is 18.4. The van der Waals surface area contributed by atoms with Crippen molar-refractivity contribution >= 4 is 0 Å². The van der Waals surface area contributed by atoms with Gasteiger partial charge in [-0.1, -0.05) is 0 Å². The predicted molar refractivity (Wildman–Crippen MR) is 36.2 cm³/mol. The van der Waals surface area contributed by atoms with Crippen LogP contribution in [0, 0.1) is 6.29 Å². The van der Waals surface area contributed by atoms with Crippen molar-refractivity contribution in [2.75, 3.05) is 28.4 Å². The Hall–Kier alpha value is -0.200. The summed E-state index contributed by atoms with van der Waals surface area (Å²) in [6, 6.07) is 0. The average Bonchev–Trinajstić information content (AvgIpc) is 2.06. The molecule has 0 aromatic heterocycles. The minimum absolute atomic E-state index is 0.150. The van der Waals surface area contributed by atoms with E-state index < -0.39 is 5.97 Å². The molecule has 0 fully saturated rings. The Labute approximate surface area is 65.8 Å². The summed E-state index contributed by atoms with van der Waals surface area (Å²) in [4.78, 5) is 0. The molecule has 1 radical (unpaired) electrons. The SMILES string of the molecule is CO[C](OC)C(O)(OC)OC. The zero-order valence-corrected chi connectivity index (χ0v) is 7.08. The molecule has 0 heterocycles. The molecule has 0 atom stereocenters. The third kappa shape index (κ3) is 2.39. The maximum Gasteiger partial charge on any atom is 0.343 e. The Morgan fingerprint density at radius 2 is 1.36 bits per heavy atom. The molecule has 0 saturated carbocycles. The maximum atomic E-state index is 9.36. The monoisotopic (exact) mass is 165 g/mol. The van der Waals surface area contributed by atoms with Gasteiger partial charge < -0.3 is 24.1 Å². The zero-order valence-electron chi connectivity index (χ0n) is 7.08. The lowest BCUT2D eigenvalue weighted by molar-refractivity contribution is -0.378. The van der Waals surface area contributed by atoms with Crippen molar-refractivity contribution in [1.29, 1.82) is 0 Å². The highest BCUT2D eigenvalue weighted by Crippen LogP contribution is 2.22. The van der Waals surface area contributed by atoms with Crippen molar-refractivity contribution in [2.45, 2.75) is 5.97 Å². The van der Waals surface area contributed by atoms with E-state index in [-0.39, 0.29) is 6.29 Å². The van der Waals surface area contributed by atoms with Crippen molar-refractivity contribution in [2.24, 2.45) is 0 Å². The molecule has 0 unspecified atom stereocenters. The van der Waals surface area contributed by atoms with Crippen LogP contribution >= 0.6 is 0 Å². The van der Waals surface area contributed by atoms with E-state index in [1.165, 1.54) is 28.4 Å². The smallest absolute Gasteiger partial charge is 0.342 e. The van der Waals surface area contributed by atoms with Crippen LogP contribution < -0.4 is 0 Å². The van der Waals surface area contributed by atoms with Crippen LogP contribution in [0.25, 0.3) is 0 Å². The van der Waals surface area contributed by atoms with Gasteiger partial charge in [0.25, 0.3) is 0 Å². The third-order valence-electron chi connectivity index (χ3n) is 1.18. The van der Waals surface area contributed by atoms with Crippen molar-refractivity contribution in [3.05, 3.63) is 6.29 Å². The Morgan fingerprint density at radius 3 is 1.45 bits per heavy atom. The van der Waals surface area contributed by atoms with Crippen molar-refractivity contribution in [1.82, 2.24) is 0 Å². The molecule has 0 saturated heterocycles. The highest BCUT2D eigenvalue weighted by atomic mass is 16.9. The summed E-state index contributed by atoms with van der Waals surface area (Å²) in [5.74, 6) is -1.93. The molecule has 0 aliphatic rings. The zero-order chi connectivity index (χ0) is 8.91. The van der Waals surface area contributed by atoms with Crippen LogP contribution in [0.4, 0.5) is 0 Å². The van der Waals surface area contributed by atoms with Gasteiger partial charge in [-0.2, -0.15) is 0 Å². The Bertz CT molecular complexity index is 97.1. The topological polar surface area (TPSA) is 57.2 Å². The minimum Gasteiger partial charge on any atom is -0.342 e. The number of ether oxygens (including phenoxy) is 4. The van der Waals surface area contributed by atoms with Gasteiger partial charge in [0.05, 0.1) is 0 Å². The van der Waals surface area contributed by atoms with Crippen LogP contribution in [0.5, 0.6) is 0 Å². The van der Waals surface area contributed by atoms with E-state index in [2.05, 4.69) is 18.9 Å². The van der Waals surface area contributed by atoms with Crippen LogP contribution in [0.2, 0.25) is 0 Å². The number of hydrogen-bond donors (Lipinski definition) is 1. The Morgan fingerprint density at radius 1 is 1.00 bits per heavy atom. The lowest BCUT2D eigenvalue weighted by atomic mass is 10.5. The fourth-order valence-corrected chi connectivity index (χ4v) is 0.591. The molecule has 5 heteroatoms. The normalized spacial score (nSPS) is 12.5. The van der Waals surface area contributed by atoms with Crippen LogP contribution in [0.15, 0.2) is 0 Å². The fraction of sp³-hybridized carbons (Fsp3) is 0.833. The van der Waals surface area contributed by atoms with Crippen molar-refractivity contribution < 1.29 is 24.1 Å². The third-order valence-corrected chi connectivity index (χ3v) is 1.18. The van der Waals surface area contributed by atoms with Crippen LogP contribution in [0.3, 0.4) is 0 Å². The molecule has 67 valence electrons. The molecular weight excluding hydrogens is 152 g/mol. The van der Waals surface area contributed by atoms with E-state index in [0.29, 0.717) is 0 Å². The summed E-state index contributed by atoms with van der Waals surface area (Å²) in [6.45, 7) is 0. The van der Waals surface area contributed by atoms with E-state index >= 15 is 0 Å². The van der Waals surface area contributed by atoms with Gasteiger partial charge in [0.1, 0.15) is 0 Å². The summed E-state index contributed by atoms with van der Waals surface area (Å²) in [6.07, 6.45) is -0.150. The quantitative estimate of drug-likeness (QED) is 0.567. The summed E-state index contributed by atoms with van der Waals surface area (Å²) in [5.41, 5.74) is 0. The second-order valence-corrected chi connectivity index (χ2v) is 1.69. The molecule has 0 aromatic carbocycles. The van der Waals surface area contributed by atoms with Crippen LogP contribution in [0.1, 0.15) is 0 Å². The molecule has 0 aromatic rings. The van der Waals surface area contributed by atoms with Gasteiger partial charge in [-0.25, -0.2) is 0 Å². The molecule has 0 spiro atoms. The summed E-state index contributed by atoms with van der Waals surface area (Å²) in [7, 11) is 5.20. The van der Waals surface area contributed by atoms with Crippen molar-refractivity contribution in [3.63, 3.8) is 0 Å². The number of methoxy groups -OCH3 is 4. The van der Waals surface area contributed by atoms with Gasteiger partial charge in [-0.3, -0.25) is 0 Å². The summed E-state index contributed by atoms with van der Waals surface area (Å²) in [5, 5.41) is 9.36. The lowest BCUT2D eigenvalue weighted by Gasteiger charge is -2.28. The van der Waals surface area contributed by atoms with E-state index in [1.54, 1.807) is 0 Å². The second-order valence-electron chi connectivity index (χ2n) is 1.69. The van der Waals surface area contributed by atoms with Gasteiger partial charge in [-0.05, 0) is 0 Å². The molecule has 0 aliphatic carbocycles. The van der Waals surface area contributed by atoms with E-state index in [4.69, 9.17) is 0 Å². The average molecular weight is 165 g/mol. The van der Waals surface area contributed by atoms with E-state index in [9.17, 15) is 5.11 Å². The first-order valence-electron chi connectivity index (χ1n) is 2.92. The van der Waals surface area contributed by atoms with Crippen LogP contribution in [-0.4, -0.2) is 39.5 Å². The maximum absolute atomic E-state index is 9.36. The molecule has 1 N–H and O–H groups in total. The van der Waals surface area contributed by atoms with Gasteiger partial charge in [-0.15, -0.1) is 0 Å². The number of aliphatic hydroxyl groups is 1. The Kier molecular flexibility index (Phi) is 4.55. The van der Waals surface area contributed by atoms with Gasteiger partial charge in [0, 0.05) is 28.4 Å². The molecule has 0 aliphatic heterocycles. The molecule has 11 heavy (non-hydrogen) atoms. The molecule has 0 bridgehead atoms. The fourth-order valence-electron chi connectivity index (χ4n) is 0.591. The second kappa shape index (κ2) is 4.63. The minimum atomic E-state index is -1.93. The first-order chi connectivity index (χ1) is 5.14. The van der Waals surface area contributed by atoms with Crippen LogP contribution in [-0.2, 0) is 18.9 Å². The Balaban J connectivity index is 4.19. The number of hydrogen-bond acceptors (Lipinski definition) is 5. The van der Waals surface area contributed by atoms with E-state index in [0.717, 1.165) is 0 Å². The largest absolute Gasteiger partial charge is 0.343 e. The van der Waals surface area contributed by atoms with Gasteiger partial charge >= 0.3 is 12.3 Å². The first-order valence-corrected chi connectivity index (χ1v) is 2.92.